The number of carboxylic acid groups (broad SMARTS) is 2. The number of carboxylic acids is 2. The second-order valence-electron chi connectivity index (χ2n) is 6.45. The molecule has 0 saturated carbocycles. The van der Waals surface area contributed by atoms with Gasteiger partial charge in [-0.15, -0.1) is 0 Å². The predicted octanol–water partition coefficient (Wildman–Crippen LogP) is 2.85. The van der Waals surface area contributed by atoms with E-state index >= 15 is 0 Å². The van der Waals surface area contributed by atoms with Gasteiger partial charge in [0, 0.05) is 20.2 Å². The highest BCUT2D eigenvalue weighted by Crippen LogP contribution is 2.23. The molecule has 0 radical (unpaired) electrons. The second-order valence-corrected chi connectivity index (χ2v) is 6.45. The minimum Gasteiger partial charge on any atom is -0.473 e. The van der Waals surface area contributed by atoms with Crippen LogP contribution in [0.25, 0.3) is 10.8 Å². The minimum absolute atomic E-state index is 0.698. The number of carbonyl (C=O) groups is 2. The number of hydrogen-bond acceptors (Lipinski definition) is 4. The lowest BCUT2D eigenvalue weighted by atomic mass is 9.97. The van der Waals surface area contributed by atoms with Crippen LogP contribution in [0.4, 0.5) is 0 Å². The number of nitrogens with zero attached hydrogens (tertiary/aromatic N) is 1. The zero-order valence-electron chi connectivity index (χ0n) is 14.9. The molecule has 3 rings (SSSR count). The second kappa shape index (κ2) is 9.89. The molecule has 0 bridgehead atoms. The highest BCUT2D eigenvalue weighted by Gasteiger charge is 2.20. The zero-order chi connectivity index (χ0) is 18.9. The number of aliphatic carboxylic acids is 2. The Morgan fingerprint density at radius 3 is 2.50 bits per heavy atom. The monoisotopic (exact) mass is 359 g/mol. The van der Waals surface area contributed by atoms with Crippen molar-refractivity contribution in [1.29, 1.82) is 0 Å². The Kier molecular flexibility index (Phi) is 7.56. The summed E-state index contributed by atoms with van der Waals surface area (Å²) in [6.07, 6.45) is 2.60. The van der Waals surface area contributed by atoms with Gasteiger partial charge in [-0.2, -0.15) is 0 Å². The number of piperidine rings is 1. The Morgan fingerprint density at radius 1 is 1.12 bits per heavy atom. The van der Waals surface area contributed by atoms with Crippen molar-refractivity contribution in [3.05, 3.63) is 48.0 Å². The van der Waals surface area contributed by atoms with Gasteiger partial charge in [0.2, 0.25) is 0 Å². The molecule has 2 N–H and O–H groups in total. The first kappa shape index (κ1) is 19.9. The number of hydrogen-bond donors (Lipinski definition) is 2. The molecule has 6 heteroatoms. The lowest BCUT2D eigenvalue weighted by Gasteiger charge is -2.32. The van der Waals surface area contributed by atoms with Crippen molar-refractivity contribution >= 4 is 22.7 Å². The molecule has 0 aromatic heterocycles. The van der Waals surface area contributed by atoms with Crippen molar-refractivity contribution in [1.82, 2.24) is 4.90 Å². The third-order valence-corrected chi connectivity index (χ3v) is 4.46. The average Bonchev–Trinajstić information content (AvgIpc) is 2.63. The van der Waals surface area contributed by atoms with Crippen LogP contribution in [0.3, 0.4) is 0 Å². The van der Waals surface area contributed by atoms with E-state index in [9.17, 15) is 0 Å². The number of likely N-dealkylation sites (tertiary alicyclic amines) is 1. The van der Waals surface area contributed by atoms with E-state index in [0.29, 0.717) is 5.92 Å². The van der Waals surface area contributed by atoms with Crippen molar-refractivity contribution in [2.75, 3.05) is 26.8 Å². The van der Waals surface area contributed by atoms with Gasteiger partial charge in [-0.3, -0.25) is 4.90 Å². The van der Waals surface area contributed by atoms with E-state index in [1.54, 1.807) is 0 Å². The van der Waals surface area contributed by atoms with Gasteiger partial charge >= 0.3 is 11.9 Å². The minimum atomic E-state index is -1.82. The SMILES string of the molecule is COCC1CCCN(Cc2cccc3ccccc23)C1.O=C(O)C(=O)O. The Balaban J connectivity index is 0.000000352. The number of rotatable bonds is 4. The topological polar surface area (TPSA) is 87.1 Å². The molecular weight excluding hydrogens is 334 g/mol. The van der Waals surface area contributed by atoms with Gasteiger partial charge in [0.05, 0.1) is 6.61 Å². The van der Waals surface area contributed by atoms with E-state index in [0.717, 1.165) is 19.7 Å². The Bertz CT molecular complexity index is 727. The largest absolute Gasteiger partial charge is 0.473 e. The average molecular weight is 359 g/mol. The fourth-order valence-corrected chi connectivity index (χ4v) is 3.34. The molecule has 140 valence electrons. The van der Waals surface area contributed by atoms with Crippen molar-refractivity contribution in [3.8, 4) is 0 Å². The summed E-state index contributed by atoms with van der Waals surface area (Å²) < 4.78 is 5.32. The van der Waals surface area contributed by atoms with E-state index < -0.39 is 11.9 Å². The van der Waals surface area contributed by atoms with Crippen LogP contribution in [-0.4, -0.2) is 53.9 Å². The van der Waals surface area contributed by atoms with Crippen LogP contribution in [0.5, 0.6) is 0 Å². The maximum atomic E-state index is 9.10. The molecule has 6 nitrogen and oxygen atoms in total. The summed E-state index contributed by atoms with van der Waals surface area (Å²) in [4.78, 5) is 20.8. The van der Waals surface area contributed by atoms with Crippen molar-refractivity contribution in [2.45, 2.75) is 19.4 Å². The maximum Gasteiger partial charge on any atom is 0.414 e. The summed E-state index contributed by atoms with van der Waals surface area (Å²) >= 11 is 0. The molecule has 1 atom stereocenters. The number of methoxy groups -OCH3 is 1. The molecule has 0 aliphatic carbocycles. The van der Waals surface area contributed by atoms with Crippen LogP contribution < -0.4 is 0 Å². The normalized spacial score (nSPS) is 17.3. The van der Waals surface area contributed by atoms with Gasteiger partial charge < -0.3 is 14.9 Å². The van der Waals surface area contributed by atoms with Crippen LogP contribution in [0.2, 0.25) is 0 Å². The first-order chi connectivity index (χ1) is 12.5. The van der Waals surface area contributed by atoms with Gasteiger partial charge in [-0.25, -0.2) is 9.59 Å². The van der Waals surface area contributed by atoms with E-state index in [2.05, 4.69) is 47.4 Å². The molecule has 1 unspecified atom stereocenters. The van der Waals surface area contributed by atoms with Crippen LogP contribution in [0, 0.1) is 5.92 Å². The summed E-state index contributed by atoms with van der Waals surface area (Å²) in [6.45, 7) is 4.33. The van der Waals surface area contributed by atoms with E-state index in [1.807, 2.05) is 7.11 Å². The van der Waals surface area contributed by atoms with Gasteiger partial charge in [0.25, 0.3) is 0 Å². The standard InChI is InChI=1S/C18H23NO.C2H2O4/c1-20-14-15-6-5-11-19(12-15)13-17-9-4-8-16-7-2-3-10-18(16)17;3-1(4)2(5)6/h2-4,7-10,15H,5-6,11-14H2,1H3;(H,3,4)(H,5,6). The van der Waals surface area contributed by atoms with E-state index in [1.165, 1.54) is 35.7 Å². The lowest BCUT2D eigenvalue weighted by Crippen LogP contribution is -2.36. The van der Waals surface area contributed by atoms with Crippen LogP contribution in [0.1, 0.15) is 18.4 Å². The van der Waals surface area contributed by atoms with Crippen LogP contribution in [0.15, 0.2) is 42.5 Å². The first-order valence-electron chi connectivity index (χ1n) is 8.65. The molecule has 0 spiro atoms. The van der Waals surface area contributed by atoms with Gasteiger partial charge in [0.1, 0.15) is 0 Å². The molecule has 1 aliphatic rings. The van der Waals surface area contributed by atoms with E-state index in [-0.39, 0.29) is 0 Å². The molecule has 1 saturated heterocycles. The number of ether oxygens (including phenoxy) is 1. The quantitative estimate of drug-likeness (QED) is 0.817. The third-order valence-electron chi connectivity index (χ3n) is 4.46. The summed E-state index contributed by atoms with van der Waals surface area (Å²) in [5.74, 6) is -2.95. The fraction of sp³-hybridized carbons (Fsp3) is 0.400. The predicted molar refractivity (Wildman–Crippen MR) is 99.1 cm³/mol. The van der Waals surface area contributed by atoms with Crippen molar-refractivity contribution in [2.24, 2.45) is 5.92 Å². The molecule has 1 fully saturated rings. The maximum absolute atomic E-state index is 9.10. The molecule has 0 amide bonds. The molecular formula is C20H25NO5. The molecule has 2 aromatic carbocycles. The molecule has 2 aromatic rings. The van der Waals surface area contributed by atoms with Crippen molar-refractivity contribution in [3.63, 3.8) is 0 Å². The highest BCUT2D eigenvalue weighted by molar-refractivity contribution is 6.27. The fourth-order valence-electron chi connectivity index (χ4n) is 3.34. The van der Waals surface area contributed by atoms with Gasteiger partial charge in [-0.05, 0) is 41.6 Å². The van der Waals surface area contributed by atoms with Crippen LogP contribution >= 0.6 is 0 Å². The Morgan fingerprint density at radius 2 is 1.81 bits per heavy atom. The summed E-state index contributed by atoms with van der Waals surface area (Å²) in [7, 11) is 1.81. The van der Waals surface area contributed by atoms with Crippen molar-refractivity contribution < 1.29 is 24.5 Å². The molecule has 26 heavy (non-hydrogen) atoms. The number of benzene rings is 2. The highest BCUT2D eigenvalue weighted by atomic mass is 16.5. The first-order valence-corrected chi connectivity index (χ1v) is 8.65. The smallest absolute Gasteiger partial charge is 0.414 e. The van der Waals surface area contributed by atoms with E-state index in [4.69, 9.17) is 24.5 Å². The van der Waals surface area contributed by atoms with Gasteiger partial charge in [-0.1, -0.05) is 42.5 Å². The van der Waals surface area contributed by atoms with Gasteiger partial charge in [0.15, 0.2) is 0 Å². The lowest BCUT2D eigenvalue weighted by molar-refractivity contribution is -0.159. The summed E-state index contributed by atoms with van der Waals surface area (Å²) in [5.41, 5.74) is 1.45. The molecule has 1 aliphatic heterocycles. The Labute approximate surface area is 153 Å². The summed E-state index contributed by atoms with van der Waals surface area (Å²) in [6, 6.07) is 15.3. The van der Waals surface area contributed by atoms with Crippen LogP contribution in [-0.2, 0) is 20.9 Å². The third kappa shape index (κ3) is 5.82. The summed E-state index contributed by atoms with van der Waals surface area (Å²) in [5, 5.41) is 17.5. The molecule has 1 heterocycles. The zero-order valence-corrected chi connectivity index (χ0v) is 14.9. The Hall–Kier alpha value is -2.44. The number of fused-ring (bicyclic) bond motifs is 1.